The first-order chi connectivity index (χ1) is 17.1. The van der Waals surface area contributed by atoms with Crippen LogP contribution in [-0.2, 0) is 11.4 Å². The van der Waals surface area contributed by atoms with E-state index >= 15 is 0 Å². The van der Waals surface area contributed by atoms with E-state index in [-0.39, 0.29) is 29.1 Å². The molecule has 14 nitrogen and oxygen atoms in total. The Hall–Kier alpha value is -5.37. The Morgan fingerprint density at radius 2 is 1.28 bits per heavy atom. The first kappa shape index (κ1) is 25.3. The molecule has 0 radical (unpaired) electrons. The zero-order valence-corrected chi connectivity index (χ0v) is 18.0. The predicted octanol–water partition coefficient (Wildman–Crippen LogP) is 3.70. The minimum absolute atomic E-state index is 0.0688. The monoisotopic (exact) mass is 496 g/mol. The van der Waals surface area contributed by atoms with Crippen LogP contribution >= 0.6 is 0 Å². The van der Waals surface area contributed by atoms with Crippen LogP contribution in [0.15, 0.2) is 60.7 Å². The van der Waals surface area contributed by atoms with E-state index in [1.165, 1.54) is 24.3 Å². The van der Waals surface area contributed by atoms with Crippen LogP contribution in [0.2, 0.25) is 0 Å². The lowest BCUT2D eigenvalue weighted by molar-refractivity contribution is -0.385. The van der Waals surface area contributed by atoms with Crippen LogP contribution < -0.4 is 10.8 Å². The summed E-state index contributed by atoms with van der Waals surface area (Å²) in [5.74, 6) is -3.58. The van der Waals surface area contributed by atoms with E-state index in [1.807, 2.05) is 0 Å². The Morgan fingerprint density at radius 3 is 1.83 bits per heavy atom. The third-order valence-corrected chi connectivity index (χ3v) is 4.78. The molecule has 0 fully saturated rings. The Bertz CT molecular complexity index is 1370. The molecule has 0 atom stereocenters. The first-order valence-corrected chi connectivity index (χ1v) is 9.88. The third-order valence-electron chi connectivity index (χ3n) is 4.78. The molecule has 0 aliphatic heterocycles. The number of benzene rings is 3. The highest BCUT2D eigenvalue weighted by Crippen LogP contribution is 2.22. The number of nitro groups is 2. The number of hydrogen-bond acceptors (Lipinski definition) is 9. The van der Waals surface area contributed by atoms with Crippen LogP contribution in [0.5, 0.6) is 0 Å². The average molecular weight is 496 g/mol. The van der Waals surface area contributed by atoms with Gasteiger partial charge in [-0.3, -0.25) is 35.3 Å². The number of rotatable bonds is 10. The number of anilines is 2. The number of amides is 1. The number of nitrogens with zero attached hydrogens (tertiary/aromatic N) is 2. The molecule has 36 heavy (non-hydrogen) atoms. The topological polar surface area (TPSA) is 211 Å². The number of carbonyl (C=O) groups excluding carboxylic acids is 1. The number of aromatic carboxylic acids is 2. The lowest BCUT2D eigenvalue weighted by Gasteiger charge is -2.11. The van der Waals surface area contributed by atoms with Crippen LogP contribution in [0, 0.1) is 20.2 Å². The van der Waals surface area contributed by atoms with Crippen molar-refractivity contribution in [2.75, 3.05) is 10.8 Å². The van der Waals surface area contributed by atoms with Crippen molar-refractivity contribution in [1.82, 2.24) is 0 Å². The molecule has 0 spiro atoms. The minimum atomic E-state index is -1.43. The number of non-ortho nitro benzene ring substituents is 2. The second-order valence-electron chi connectivity index (χ2n) is 7.12. The van der Waals surface area contributed by atoms with Crippen molar-refractivity contribution >= 4 is 40.6 Å². The van der Waals surface area contributed by atoms with Crippen molar-refractivity contribution in [2.24, 2.45) is 0 Å². The molecule has 3 rings (SSSR count). The van der Waals surface area contributed by atoms with Gasteiger partial charge in [0.2, 0.25) is 0 Å². The number of nitro benzene ring substituents is 2. The molecule has 0 heterocycles. The first-order valence-electron chi connectivity index (χ1n) is 9.88. The highest BCUT2D eigenvalue weighted by molar-refractivity contribution is 6.11. The van der Waals surface area contributed by atoms with Gasteiger partial charge in [0.1, 0.15) is 6.61 Å². The van der Waals surface area contributed by atoms with Gasteiger partial charge in [-0.25, -0.2) is 9.59 Å². The van der Waals surface area contributed by atoms with E-state index in [2.05, 4.69) is 10.8 Å². The number of carbonyl (C=O) groups is 3. The molecule has 0 aromatic heterocycles. The summed E-state index contributed by atoms with van der Waals surface area (Å²) >= 11 is 0. The summed E-state index contributed by atoms with van der Waals surface area (Å²) in [6, 6.07) is 11.9. The zero-order chi connectivity index (χ0) is 26.4. The lowest BCUT2D eigenvalue weighted by atomic mass is 10.1. The molecule has 3 aromatic carbocycles. The molecule has 0 unspecified atom stereocenters. The van der Waals surface area contributed by atoms with Crippen LogP contribution in [0.3, 0.4) is 0 Å². The molecule has 3 aromatic rings. The summed E-state index contributed by atoms with van der Waals surface area (Å²) in [4.78, 5) is 61.0. The summed E-state index contributed by atoms with van der Waals surface area (Å²) in [7, 11) is 0. The van der Waals surface area contributed by atoms with Crippen LogP contribution in [-0.4, -0.2) is 37.9 Å². The smallest absolute Gasteiger partial charge is 0.336 e. The third kappa shape index (κ3) is 5.95. The molecule has 0 bridgehead atoms. The summed E-state index contributed by atoms with van der Waals surface area (Å²) < 4.78 is 0. The number of nitrogens with one attached hydrogen (secondary N) is 2. The number of carboxylic acids is 2. The summed E-state index contributed by atoms with van der Waals surface area (Å²) in [5, 5.41) is 42.9. The van der Waals surface area contributed by atoms with Crippen molar-refractivity contribution in [3.63, 3.8) is 0 Å². The van der Waals surface area contributed by atoms with Crippen LogP contribution in [0.1, 0.15) is 36.6 Å². The van der Waals surface area contributed by atoms with E-state index in [0.29, 0.717) is 5.69 Å². The molecular formula is C22H16N4O10. The summed E-state index contributed by atoms with van der Waals surface area (Å²) in [6.45, 7) is -0.313. The molecular weight excluding hydrogens is 480 g/mol. The van der Waals surface area contributed by atoms with Gasteiger partial charge in [-0.05, 0) is 36.4 Å². The summed E-state index contributed by atoms with van der Waals surface area (Å²) in [5.41, 5.74) is 1.50. The van der Waals surface area contributed by atoms with Gasteiger partial charge >= 0.3 is 11.9 Å². The molecule has 0 aliphatic rings. The molecule has 4 N–H and O–H groups in total. The molecule has 0 saturated carbocycles. The Balaban J connectivity index is 1.67. The fourth-order valence-corrected chi connectivity index (χ4v) is 3.06. The summed E-state index contributed by atoms with van der Waals surface area (Å²) in [6.07, 6.45) is 0. The Labute approximate surface area is 201 Å². The van der Waals surface area contributed by atoms with Crippen molar-refractivity contribution < 1.29 is 39.3 Å². The zero-order valence-electron chi connectivity index (χ0n) is 18.0. The van der Waals surface area contributed by atoms with Crippen molar-refractivity contribution in [3.05, 3.63) is 103 Å². The van der Waals surface area contributed by atoms with Crippen LogP contribution in [0.4, 0.5) is 22.7 Å². The van der Waals surface area contributed by atoms with Crippen molar-refractivity contribution in [3.8, 4) is 0 Å². The van der Waals surface area contributed by atoms with Gasteiger partial charge in [-0.1, -0.05) is 0 Å². The SMILES string of the molecule is O=C(O)c1ccc([N+](=O)[O-])cc1CONc1ccc(NC(=O)c2cc([N+](=O)[O-])ccc2C(=O)O)cc1. The van der Waals surface area contributed by atoms with E-state index in [4.69, 9.17) is 4.84 Å². The maximum Gasteiger partial charge on any atom is 0.336 e. The predicted molar refractivity (Wildman–Crippen MR) is 123 cm³/mol. The quantitative estimate of drug-likeness (QED) is 0.235. The second-order valence-corrected chi connectivity index (χ2v) is 7.12. The standard InChI is InChI=1S/C22H16N4O10/c27-20(19-10-16(26(34)35)6-8-18(19)22(30)31)23-13-1-3-14(4-2-13)24-36-11-12-9-15(25(32)33)5-7-17(12)21(28)29/h1-10,24H,11H2,(H,23,27)(H,28,29)(H,30,31). The van der Waals surface area contributed by atoms with Crippen molar-refractivity contribution in [2.45, 2.75) is 6.61 Å². The fourth-order valence-electron chi connectivity index (χ4n) is 3.06. The molecule has 0 saturated heterocycles. The fraction of sp³-hybridized carbons (Fsp3) is 0.0455. The minimum Gasteiger partial charge on any atom is -0.478 e. The van der Waals surface area contributed by atoms with Gasteiger partial charge in [-0.15, -0.1) is 0 Å². The largest absolute Gasteiger partial charge is 0.478 e. The second kappa shape index (κ2) is 10.7. The van der Waals surface area contributed by atoms with E-state index in [1.54, 1.807) is 0 Å². The van der Waals surface area contributed by atoms with E-state index < -0.39 is 44.5 Å². The van der Waals surface area contributed by atoms with Crippen molar-refractivity contribution in [1.29, 1.82) is 0 Å². The van der Waals surface area contributed by atoms with Gasteiger partial charge < -0.3 is 15.5 Å². The van der Waals surface area contributed by atoms with Gasteiger partial charge in [0.15, 0.2) is 0 Å². The lowest BCUT2D eigenvalue weighted by Crippen LogP contribution is -2.16. The highest BCUT2D eigenvalue weighted by atomic mass is 16.6. The average Bonchev–Trinajstić information content (AvgIpc) is 2.84. The normalized spacial score (nSPS) is 10.3. The van der Waals surface area contributed by atoms with Gasteiger partial charge in [0.05, 0.1) is 32.2 Å². The maximum atomic E-state index is 12.6. The Morgan fingerprint density at radius 1 is 0.750 bits per heavy atom. The van der Waals surface area contributed by atoms with Gasteiger partial charge in [0, 0.05) is 35.5 Å². The van der Waals surface area contributed by atoms with Gasteiger partial charge in [0.25, 0.3) is 17.3 Å². The molecule has 1 amide bonds. The van der Waals surface area contributed by atoms with E-state index in [0.717, 1.165) is 36.4 Å². The Kier molecular flexibility index (Phi) is 7.51. The highest BCUT2D eigenvalue weighted by Gasteiger charge is 2.21. The number of carboxylic acid groups (broad SMARTS) is 2. The van der Waals surface area contributed by atoms with Gasteiger partial charge in [-0.2, -0.15) is 0 Å². The van der Waals surface area contributed by atoms with Crippen LogP contribution in [0.25, 0.3) is 0 Å². The number of hydrogen-bond donors (Lipinski definition) is 4. The molecule has 0 aliphatic carbocycles. The molecule has 184 valence electrons. The van der Waals surface area contributed by atoms with E-state index in [9.17, 15) is 44.8 Å². The molecule has 14 heteroatoms. The maximum absolute atomic E-state index is 12.6.